The fourth-order valence-electron chi connectivity index (χ4n) is 2.46. The van der Waals surface area contributed by atoms with E-state index in [-0.39, 0.29) is 5.54 Å². The molecule has 3 heteroatoms. The van der Waals surface area contributed by atoms with E-state index in [1.54, 1.807) is 0 Å². The zero-order chi connectivity index (χ0) is 10.3. The largest absolute Gasteiger partial charge is 0.350 e. The topological polar surface area (TPSA) is 9.49 Å². The average molecular weight is 196 g/mol. The maximum absolute atomic E-state index is 2.55. The quantitative estimate of drug-likeness (QED) is 0.530. The number of nitrogens with zero attached hydrogens (tertiary/aromatic N) is 3. The summed E-state index contributed by atoms with van der Waals surface area (Å²) in [5, 5.41) is 0. The van der Waals surface area contributed by atoms with E-state index >= 15 is 0 Å². The molecule has 0 aromatic heterocycles. The fraction of sp³-hybridized carbons (Fsp3) is 0.909. The van der Waals surface area contributed by atoms with Gasteiger partial charge in [-0.3, -0.25) is 14.4 Å². The Morgan fingerprint density at radius 3 is 2.50 bits per heavy atom. The molecule has 1 saturated heterocycles. The molecule has 1 fully saturated rings. The first-order valence-corrected chi connectivity index (χ1v) is 5.61. The van der Waals surface area contributed by atoms with Crippen molar-refractivity contribution in [2.75, 3.05) is 33.2 Å². The Kier molecular flexibility index (Phi) is 2.20. The molecule has 0 N–H and O–H groups in total. The Bertz CT molecular complexity index is 262. The van der Waals surface area contributed by atoms with Crippen molar-refractivity contribution in [3.05, 3.63) is 0 Å². The molecule has 0 atom stereocenters. The summed E-state index contributed by atoms with van der Waals surface area (Å²) in [5.41, 5.74) is 0.257. The van der Waals surface area contributed by atoms with Crippen molar-refractivity contribution in [2.24, 2.45) is 0 Å². The standard InChI is InChI=1S/C11H22N3/c1-11(2,3)14-7-5-6-13-9-8-12(4)10(13)14/h5-9H2,1-4H3/q+1. The first-order chi connectivity index (χ1) is 6.50. The molecule has 0 unspecified atom stereocenters. The summed E-state index contributed by atoms with van der Waals surface area (Å²) in [6, 6.07) is 0. The third kappa shape index (κ3) is 1.49. The summed E-state index contributed by atoms with van der Waals surface area (Å²) in [6.45, 7) is 11.7. The van der Waals surface area contributed by atoms with E-state index in [1.807, 2.05) is 0 Å². The smallest absolute Gasteiger partial charge is 0.264 e. The molecule has 80 valence electrons. The van der Waals surface area contributed by atoms with Gasteiger partial charge >= 0.3 is 5.96 Å². The van der Waals surface area contributed by atoms with Crippen molar-refractivity contribution in [3.63, 3.8) is 0 Å². The highest BCUT2D eigenvalue weighted by molar-refractivity contribution is 5.77. The van der Waals surface area contributed by atoms with Crippen molar-refractivity contribution < 1.29 is 4.58 Å². The molecule has 0 aromatic rings. The third-order valence-electron chi connectivity index (χ3n) is 3.19. The third-order valence-corrected chi connectivity index (χ3v) is 3.19. The summed E-state index contributed by atoms with van der Waals surface area (Å²) in [5.74, 6) is 1.45. The van der Waals surface area contributed by atoms with Gasteiger partial charge in [-0.1, -0.05) is 0 Å². The Balaban J connectivity index is 2.29. The second-order valence-corrected chi connectivity index (χ2v) is 5.38. The van der Waals surface area contributed by atoms with Crippen LogP contribution in [-0.2, 0) is 0 Å². The van der Waals surface area contributed by atoms with Crippen LogP contribution in [0.2, 0.25) is 0 Å². The van der Waals surface area contributed by atoms with Crippen LogP contribution in [0.25, 0.3) is 0 Å². The van der Waals surface area contributed by atoms with Gasteiger partial charge in [0.15, 0.2) is 0 Å². The highest BCUT2D eigenvalue weighted by atomic mass is 15.5. The Labute approximate surface area is 87.0 Å². The van der Waals surface area contributed by atoms with Crippen molar-refractivity contribution in [1.82, 2.24) is 9.80 Å². The van der Waals surface area contributed by atoms with Gasteiger partial charge in [-0.15, -0.1) is 0 Å². The molecule has 0 bridgehead atoms. The summed E-state index contributed by atoms with van der Waals surface area (Å²) < 4.78 is 2.39. The number of guanidine groups is 1. The van der Waals surface area contributed by atoms with Crippen LogP contribution < -0.4 is 0 Å². The van der Waals surface area contributed by atoms with E-state index < -0.39 is 0 Å². The number of likely N-dealkylation sites (N-methyl/N-ethyl adjacent to an activating group) is 1. The van der Waals surface area contributed by atoms with Crippen LogP contribution in [0.5, 0.6) is 0 Å². The maximum atomic E-state index is 2.55. The number of hydrogen-bond donors (Lipinski definition) is 0. The minimum Gasteiger partial charge on any atom is -0.264 e. The molecule has 0 saturated carbocycles. The summed E-state index contributed by atoms with van der Waals surface area (Å²) in [7, 11) is 2.21. The fourth-order valence-corrected chi connectivity index (χ4v) is 2.46. The van der Waals surface area contributed by atoms with E-state index in [9.17, 15) is 0 Å². The average Bonchev–Trinajstić information content (AvgIpc) is 2.46. The van der Waals surface area contributed by atoms with Gasteiger partial charge in [0.05, 0.1) is 38.8 Å². The first kappa shape index (κ1) is 9.81. The Hall–Kier alpha value is -0.730. The summed E-state index contributed by atoms with van der Waals surface area (Å²) in [4.78, 5) is 5.07. The lowest BCUT2D eigenvalue weighted by atomic mass is 10.0. The molecule has 0 amide bonds. The molecule has 0 spiro atoms. The molecular weight excluding hydrogens is 174 g/mol. The minimum atomic E-state index is 0.257. The maximum Gasteiger partial charge on any atom is 0.350 e. The number of fused-ring (bicyclic) bond motifs is 1. The monoisotopic (exact) mass is 196 g/mol. The van der Waals surface area contributed by atoms with Crippen molar-refractivity contribution in [1.29, 1.82) is 0 Å². The van der Waals surface area contributed by atoms with E-state index in [1.165, 1.54) is 38.6 Å². The van der Waals surface area contributed by atoms with Crippen LogP contribution in [-0.4, -0.2) is 59.1 Å². The van der Waals surface area contributed by atoms with Crippen molar-refractivity contribution >= 4 is 5.96 Å². The Morgan fingerprint density at radius 1 is 1.14 bits per heavy atom. The van der Waals surface area contributed by atoms with Gasteiger partial charge in [-0.2, -0.15) is 0 Å². The SMILES string of the molecule is C[N+]1=C2N(CCCN2C(C)(C)C)CC1. The second-order valence-electron chi connectivity index (χ2n) is 5.38. The first-order valence-electron chi connectivity index (χ1n) is 5.61. The van der Waals surface area contributed by atoms with Gasteiger partial charge in [-0.25, -0.2) is 0 Å². The van der Waals surface area contributed by atoms with Crippen LogP contribution in [0, 0.1) is 0 Å². The summed E-state index contributed by atoms with van der Waals surface area (Å²) >= 11 is 0. The van der Waals surface area contributed by atoms with Gasteiger partial charge in [0.2, 0.25) is 0 Å². The molecule has 0 aliphatic carbocycles. The molecule has 14 heavy (non-hydrogen) atoms. The number of hydrogen-bond acceptors (Lipinski definition) is 2. The molecule has 2 rings (SSSR count). The zero-order valence-corrected chi connectivity index (χ0v) is 9.88. The molecule has 2 aliphatic heterocycles. The normalized spacial score (nSPS) is 23.1. The summed E-state index contributed by atoms with van der Waals surface area (Å²) in [6.07, 6.45) is 1.30. The van der Waals surface area contributed by atoms with E-state index in [0.29, 0.717) is 0 Å². The van der Waals surface area contributed by atoms with Gasteiger partial charge < -0.3 is 0 Å². The molecule has 0 radical (unpaired) electrons. The van der Waals surface area contributed by atoms with Crippen molar-refractivity contribution in [2.45, 2.75) is 32.7 Å². The molecule has 2 heterocycles. The highest BCUT2D eigenvalue weighted by Gasteiger charge is 2.41. The zero-order valence-electron chi connectivity index (χ0n) is 9.88. The van der Waals surface area contributed by atoms with E-state index in [4.69, 9.17) is 0 Å². The van der Waals surface area contributed by atoms with Crippen LogP contribution in [0.15, 0.2) is 0 Å². The predicted molar refractivity (Wildman–Crippen MR) is 58.7 cm³/mol. The minimum absolute atomic E-state index is 0.257. The van der Waals surface area contributed by atoms with Crippen LogP contribution >= 0.6 is 0 Å². The predicted octanol–water partition coefficient (Wildman–Crippen LogP) is 0.804. The molecule has 3 nitrogen and oxygen atoms in total. The van der Waals surface area contributed by atoms with Gasteiger partial charge in [-0.05, 0) is 20.8 Å². The van der Waals surface area contributed by atoms with E-state index in [2.05, 4.69) is 42.2 Å². The molecular formula is C11H22N3+. The van der Waals surface area contributed by atoms with Crippen molar-refractivity contribution in [3.8, 4) is 0 Å². The van der Waals surface area contributed by atoms with Gasteiger partial charge in [0, 0.05) is 6.42 Å². The lowest BCUT2D eigenvalue weighted by Gasteiger charge is -2.38. The van der Waals surface area contributed by atoms with Crippen LogP contribution in [0.1, 0.15) is 27.2 Å². The molecule has 0 aromatic carbocycles. The van der Waals surface area contributed by atoms with E-state index in [0.717, 1.165) is 0 Å². The lowest BCUT2D eigenvalue weighted by Crippen LogP contribution is -2.57. The Morgan fingerprint density at radius 2 is 1.86 bits per heavy atom. The van der Waals surface area contributed by atoms with Gasteiger partial charge in [0.1, 0.15) is 0 Å². The molecule has 2 aliphatic rings. The second kappa shape index (κ2) is 3.14. The van der Waals surface area contributed by atoms with Gasteiger partial charge in [0.25, 0.3) is 0 Å². The van der Waals surface area contributed by atoms with Crippen LogP contribution in [0.4, 0.5) is 0 Å². The van der Waals surface area contributed by atoms with Crippen LogP contribution in [0.3, 0.4) is 0 Å². The highest BCUT2D eigenvalue weighted by Crippen LogP contribution is 2.21. The number of rotatable bonds is 0. The lowest BCUT2D eigenvalue weighted by molar-refractivity contribution is -0.492.